The van der Waals surface area contributed by atoms with Crippen LogP contribution < -0.4 is 14.8 Å². The summed E-state index contributed by atoms with van der Waals surface area (Å²) in [6, 6.07) is 14.8. The fraction of sp³-hybridized carbons (Fsp3) is 0.321. The SMILES string of the molecule is Cc1ccc(C(C(=O)NC(C)(C)C)N(Cc2ccc3c(c2)OCO3)C(=O)Cn2nnc(-c3ccc(Cl)cc3)n2)o1. The molecule has 1 aliphatic heterocycles. The zero-order chi connectivity index (χ0) is 28.4. The summed E-state index contributed by atoms with van der Waals surface area (Å²) in [5, 5.41) is 16.1. The number of tetrazole rings is 1. The number of hydrogen-bond acceptors (Lipinski definition) is 8. The highest BCUT2D eigenvalue weighted by molar-refractivity contribution is 6.30. The van der Waals surface area contributed by atoms with Crippen molar-refractivity contribution < 1.29 is 23.5 Å². The van der Waals surface area contributed by atoms with Crippen LogP contribution in [0, 0.1) is 6.92 Å². The minimum Gasteiger partial charge on any atom is -0.464 e. The molecule has 208 valence electrons. The van der Waals surface area contributed by atoms with E-state index in [1.807, 2.05) is 26.8 Å². The summed E-state index contributed by atoms with van der Waals surface area (Å²) in [6.07, 6.45) is 0. The van der Waals surface area contributed by atoms with Gasteiger partial charge in [-0.1, -0.05) is 17.7 Å². The second-order valence-electron chi connectivity index (χ2n) is 10.4. The fourth-order valence-electron chi connectivity index (χ4n) is 4.26. The van der Waals surface area contributed by atoms with Crippen LogP contribution >= 0.6 is 11.6 Å². The largest absolute Gasteiger partial charge is 0.464 e. The standard InChI is InChI=1S/C28H29ClN6O5/c1-17-5-11-22(40-17)25(27(37)30-28(2,3)4)34(14-18-6-12-21-23(13-18)39-16-38-21)24(36)15-35-32-26(31-33-35)19-7-9-20(29)10-8-19/h5-13,25H,14-16H2,1-4H3,(H,30,37). The Morgan fingerprint density at radius 1 is 1.07 bits per heavy atom. The second-order valence-corrected chi connectivity index (χ2v) is 10.9. The molecule has 3 heterocycles. The number of ether oxygens (including phenoxy) is 2. The Balaban J connectivity index is 1.48. The maximum Gasteiger partial charge on any atom is 0.251 e. The maximum absolute atomic E-state index is 13.9. The number of benzene rings is 2. The Labute approximate surface area is 236 Å². The van der Waals surface area contributed by atoms with Gasteiger partial charge in [0, 0.05) is 22.7 Å². The number of aryl methyl sites for hydroxylation is 1. The fourth-order valence-corrected chi connectivity index (χ4v) is 4.38. The zero-order valence-electron chi connectivity index (χ0n) is 22.6. The van der Waals surface area contributed by atoms with Gasteiger partial charge in [-0.05, 0) is 87.0 Å². The molecule has 5 rings (SSSR count). The van der Waals surface area contributed by atoms with Gasteiger partial charge in [0.05, 0.1) is 0 Å². The molecule has 1 aliphatic rings. The van der Waals surface area contributed by atoms with Crippen molar-refractivity contribution in [1.82, 2.24) is 30.4 Å². The number of fused-ring (bicyclic) bond motifs is 1. The molecule has 0 saturated carbocycles. The normalized spacial score (nSPS) is 13.2. The summed E-state index contributed by atoms with van der Waals surface area (Å²) in [5.74, 6) is 1.68. The lowest BCUT2D eigenvalue weighted by atomic mass is 10.1. The third-order valence-corrected chi connectivity index (χ3v) is 6.28. The number of nitrogens with one attached hydrogen (secondary N) is 1. The van der Waals surface area contributed by atoms with Crippen molar-refractivity contribution in [3.8, 4) is 22.9 Å². The monoisotopic (exact) mass is 564 g/mol. The quantitative estimate of drug-likeness (QED) is 0.336. The number of aromatic nitrogens is 4. The molecular formula is C28H29ClN6O5. The Hall–Kier alpha value is -4.38. The third-order valence-electron chi connectivity index (χ3n) is 6.03. The predicted molar refractivity (Wildman–Crippen MR) is 145 cm³/mol. The van der Waals surface area contributed by atoms with Crippen LogP contribution in [0.1, 0.15) is 43.9 Å². The van der Waals surface area contributed by atoms with Crippen LogP contribution in [0.4, 0.5) is 0 Å². The van der Waals surface area contributed by atoms with E-state index in [1.54, 1.807) is 55.5 Å². The topological polar surface area (TPSA) is 125 Å². The number of nitrogens with zero attached hydrogens (tertiary/aromatic N) is 5. The van der Waals surface area contributed by atoms with Crippen molar-refractivity contribution >= 4 is 23.4 Å². The van der Waals surface area contributed by atoms with Crippen LogP contribution in [-0.2, 0) is 22.7 Å². The first kappa shape index (κ1) is 27.2. The first-order valence-electron chi connectivity index (χ1n) is 12.7. The number of halogens is 1. The highest BCUT2D eigenvalue weighted by Crippen LogP contribution is 2.34. The van der Waals surface area contributed by atoms with Crippen LogP contribution in [0.3, 0.4) is 0 Å². The summed E-state index contributed by atoms with van der Waals surface area (Å²) in [5.41, 5.74) is 0.891. The molecule has 0 radical (unpaired) electrons. The van der Waals surface area contributed by atoms with E-state index in [2.05, 4.69) is 20.7 Å². The van der Waals surface area contributed by atoms with E-state index < -0.39 is 17.5 Å². The minimum absolute atomic E-state index is 0.0796. The lowest BCUT2D eigenvalue weighted by molar-refractivity contribution is -0.143. The molecule has 11 nitrogen and oxygen atoms in total. The molecule has 0 saturated heterocycles. The lowest BCUT2D eigenvalue weighted by Crippen LogP contribution is -2.49. The van der Waals surface area contributed by atoms with Crippen LogP contribution in [0.25, 0.3) is 11.4 Å². The van der Waals surface area contributed by atoms with Crippen LogP contribution in [0.5, 0.6) is 11.5 Å². The summed E-state index contributed by atoms with van der Waals surface area (Å²) in [4.78, 5) is 30.3. The van der Waals surface area contributed by atoms with Crippen molar-refractivity contribution in [2.75, 3.05) is 6.79 Å². The van der Waals surface area contributed by atoms with Gasteiger partial charge in [0.1, 0.15) is 18.1 Å². The molecule has 40 heavy (non-hydrogen) atoms. The molecule has 12 heteroatoms. The van der Waals surface area contributed by atoms with Gasteiger partial charge in [-0.2, -0.15) is 4.80 Å². The number of amides is 2. The molecule has 0 bridgehead atoms. The average Bonchev–Trinajstić information content (AvgIpc) is 3.64. The second kappa shape index (κ2) is 11.0. The van der Waals surface area contributed by atoms with Crippen molar-refractivity contribution in [2.45, 2.75) is 52.4 Å². The molecule has 1 N–H and O–H groups in total. The Bertz CT molecular complexity index is 1520. The molecule has 1 unspecified atom stereocenters. The number of furan rings is 1. The molecule has 4 aromatic rings. The highest BCUT2D eigenvalue weighted by atomic mass is 35.5. The molecular weight excluding hydrogens is 536 g/mol. The van der Waals surface area contributed by atoms with Crippen LogP contribution in [-0.4, -0.2) is 49.3 Å². The first-order valence-corrected chi connectivity index (χ1v) is 13.0. The number of carbonyl (C=O) groups excluding carboxylic acids is 2. The Morgan fingerprint density at radius 3 is 2.52 bits per heavy atom. The number of rotatable bonds is 8. The Kier molecular flexibility index (Phi) is 7.49. The van der Waals surface area contributed by atoms with Crippen LogP contribution in [0.15, 0.2) is 59.0 Å². The summed E-state index contributed by atoms with van der Waals surface area (Å²) in [7, 11) is 0. The number of hydrogen-bond donors (Lipinski definition) is 1. The van der Waals surface area contributed by atoms with Gasteiger partial charge in [-0.25, -0.2) is 0 Å². The summed E-state index contributed by atoms with van der Waals surface area (Å²) in [6.45, 7) is 7.34. The average molecular weight is 565 g/mol. The van der Waals surface area contributed by atoms with E-state index in [0.29, 0.717) is 39.4 Å². The maximum atomic E-state index is 13.9. The first-order chi connectivity index (χ1) is 19.1. The number of carbonyl (C=O) groups is 2. The van der Waals surface area contributed by atoms with Gasteiger partial charge in [0.2, 0.25) is 18.5 Å². The van der Waals surface area contributed by atoms with Gasteiger partial charge in [-0.3, -0.25) is 9.59 Å². The molecule has 0 spiro atoms. The minimum atomic E-state index is -1.06. The zero-order valence-corrected chi connectivity index (χ0v) is 23.3. The van der Waals surface area contributed by atoms with Gasteiger partial charge >= 0.3 is 0 Å². The van der Waals surface area contributed by atoms with Crippen molar-refractivity contribution in [1.29, 1.82) is 0 Å². The van der Waals surface area contributed by atoms with Crippen molar-refractivity contribution in [3.05, 3.63) is 76.7 Å². The summed E-state index contributed by atoms with van der Waals surface area (Å²) < 4.78 is 16.8. The van der Waals surface area contributed by atoms with E-state index in [-0.39, 0.29) is 25.8 Å². The van der Waals surface area contributed by atoms with Crippen molar-refractivity contribution in [2.24, 2.45) is 0 Å². The van der Waals surface area contributed by atoms with E-state index in [1.165, 1.54) is 9.70 Å². The van der Waals surface area contributed by atoms with E-state index in [0.717, 1.165) is 5.56 Å². The molecule has 2 aromatic heterocycles. The van der Waals surface area contributed by atoms with Gasteiger partial charge in [0.25, 0.3) is 5.91 Å². The van der Waals surface area contributed by atoms with Crippen LogP contribution in [0.2, 0.25) is 5.02 Å². The summed E-state index contributed by atoms with van der Waals surface area (Å²) >= 11 is 5.99. The van der Waals surface area contributed by atoms with E-state index in [9.17, 15) is 9.59 Å². The van der Waals surface area contributed by atoms with Gasteiger partial charge < -0.3 is 24.1 Å². The molecule has 2 amide bonds. The molecule has 1 atom stereocenters. The lowest BCUT2D eigenvalue weighted by Gasteiger charge is -2.32. The van der Waals surface area contributed by atoms with E-state index >= 15 is 0 Å². The smallest absolute Gasteiger partial charge is 0.251 e. The van der Waals surface area contributed by atoms with E-state index in [4.69, 9.17) is 25.5 Å². The third kappa shape index (κ3) is 6.26. The molecule has 2 aromatic carbocycles. The van der Waals surface area contributed by atoms with Gasteiger partial charge in [-0.15, -0.1) is 10.2 Å². The highest BCUT2D eigenvalue weighted by Gasteiger charge is 2.36. The Morgan fingerprint density at radius 2 is 1.82 bits per heavy atom. The molecule has 0 aliphatic carbocycles. The predicted octanol–water partition coefficient (Wildman–Crippen LogP) is 4.31. The van der Waals surface area contributed by atoms with Crippen molar-refractivity contribution in [3.63, 3.8) is 0 Å². The molecule has 0 fully saturated rings. The van der Waals surface area contributed by atoms with Gasteiger partial charge in [0.15, 0.2) is 17.5 Å².